The van der Waals surface area contributed by atoms with Crippen molar-refractivity contribution in [2.45, 2.75) is 19.2 Å². The Labute approximate surface area is 249 Å². The highest BCUT2D eigenvalue weighted by Gasteiger charge is 2.20. The fraction of sp³-hybridized carbons (Fsp3) is 0.242. The summed E-state index contributed by atoms with van der Waals surface area (Å²) in [5, 5.41) is 24.8. The summed E-state index contributed by atoms with van der Waals surface area (Å²) >= 11 is 0. The Hall–Kier alpha value is -4.64. The molecule has 10 heteroatoms. The van der Waals surface area contributed by atoms with Crippen molar-refractivity contribution in [1.29, 1.82) is 5.41 Å². The molecule has 6 rings (SSSR count). The topological polar surface area (TPSA) is 111 Å². The summed E-state index contributed by atoms with van der Waals surface area (Å²) in [7, 11) is 0. The second-order valence-corrected chi connectivity index (χ2v) is 10.6. The highest BCUT2D eigenvalue weighted by molar-refractivity contribution is 5.94. The van der Waals surface area contributed by atoms with Crippen LogP contribution in [0.25, 0.3) is 22.0 Å². The van der Waals surface area contributed by atoms with Gasteiger partial charge < -0.3 is 30.5 Å². The lowest BCUT2D eigenvalue weighted by atomic mass is 10.1. The Morgan fingerprint density at radius 2 is 2.00 bits per heavy atom. The predicted molar refractivity (Wildman–Crippen MR) is 168 cm³/mol. The first kappa shape index (κ1) is 28.5. The first-order valence-corrected chi connectivity index (χ1v) is 14.3. The number of fused-ring (bicyclic) bond motifs is 1. The molecule has 5 aromatic rings. The van der Waals surface area contributed by atoms with Crippen molar-refractivity contribution in [3.05, 3.63) is 102 Å². The molecule has 0 amide bonds. The van der Waals surface area contributed by atoms with Crippen LogP contribution in [-0.2, 0) is 17.8 Å². The number of rotatable bonds is 11. The normalized spacial score (nSPS) is 15.4. The van der Waals surface area contributed by atoms with Gasteiger partial charge in [0.15, 0.2) is 0 Å². The molecule has 4 N–H and O–H groups in total. The average molecular weight is 580 g/mol. The van der Waals surface area contributed by atoms with E-state index in [4.69, 9.17) is 10.1 Å². The molecule has 1 aliphatic rings. The lowest BCUT2D eigenvalue weighted by molar-refractivity contribution is -0.0394. The SMILES string of the molecule is N=Cc1cc(Nc2ncnc3ccc(-c4ccn(CC5CN(CCO)CCO5)c4)cc23)ccc1NCc1cccc(F)c1. The maximum Gasteiger partial charge on any atom is 0.141 e. The van der Waals surface area contributed by atoms with Crippen LogP contribution in [0.2, 0.25) is 0 Å². The van der Waals surface area contributed by atoms with Crippen molar-refractivity contribution in [1.82, 2.24) is 19.4 Å². The van der Waals surface area contributed by atoms with Crippen molar-refractivity contribution in [2.75, 3.05) is 43.5 Å². The van der Waals surface area contributed by atoms with Crippen molar-refractivity contribution in [3.63, 3.8) is 0 Å². The highest BCUT2D eigenvalue weighted by Crippen LogP contribution is 2.30. The van der Waals surface area contributed by atoms with E-state index in [2.05, 4.69) is 60.7 Å². The minimum absolute atomic E-state index is 0.0788. The predicted octanol–water partition coefficient (Wildman–Crippen LogP) is 5.28. The summed E-state index contributed by atoms with van der Waals surface area (Å²) in [5.41, 5.74) is 6.04. The molecule has 9 nitrogen and oxygen atoms in total. The molecular weight excluding hydrogens is 545 g/mol. The van der Waals surface area contributed by atoms with Gasteiger partial charge >= 0.3 is 0 Å². The standard InChI is InChI=1S/C33H34FN7O2/c34-27-3-1-2-23(14-27)18-36-31-7-5-28(15-26(31)17-35)39-33-30-16-24(4-6-32(30)37-22-38-33)25-8-9-41(19-25)21-29-20-40(10-12-42)11-13-43-29/h1-9,14-17,19,22,29,35-36,42H,10-13,18,20-21H2,(H,37,38,39). The fourth-order valence-electron chi connectivity index (χ4n) is 5.43. The molecule has 3 aromatic carbocycles. The van der Waals surface area contributed by atoms with E-state index in [-0.39, 0.29) is 18.5 Å². The van der Waals surface area contributed by atoms with E-state index in [0.717, 1.165) is 58.6 Å². The Kier molecular flexibility index (Phi) is 8.69. The third-order valence-electron chi connectivity index (χ3n) is 7.61. The van der Waals surface area contributed by atoms with Crippen LogP contribution in [0, 0.1) is 11.2 Å². The van der Waals surface area contributed by atoms with E-state index >= 15 is 0 Å². The molecule has 3 heterocycles. The van der Waals surface area contributed by atoms with Crippen LogP contribution in [0.15, 0.2) is 85.5 Å². The van der Waals surface area contributed by atoms with E-state index in [1.54, 1.807) is 6.07 Å². The number of aromatic nitrogens is 3. The number of aliphatic hydroxyl groups is 1. The van der Waals surface area contributed by atoms with Gasteiger partial charge in [-0.1, -0.05) is 18.2 Å². The van der Waals surface area contributed by atoms with Gasteiger partial charge in [-0.3, -0.25) is 4.90 Å². The number of nitrogens with one attached hydrogen (secondary N) is 3. The minimum atomic E-state index is -0.274. The molecule has 2 aromatic heterocycles. The van der Waals surface area contributed by atoms with Crippen molar-refractivity contribution in [2.24, 2.45) is 0 Å². The first-order chi connectivity index (χ1) is 21.1. The lowest BCUT2D eigenvalue weighted by Gasteiger charge is -2.32. The van der Waals surface area contributed by atoms with Crippen LogP contribution in [0.1, 0.15) is 11.1 Å². The molecular formula is C33H34FN7O2. The number of hydrogen-bond acceptors (Lipinski definition) is 8. The Balaban J connectivity index is 1.18. The van der Waals surface area contributed by atoms with E-state index in [9.17, 15) is 9.50 Å². The second kappa shape index (κ2) is 13.1. The number of hydrogen-bond donors (Lipinski definition) is 4. The van der Waals surface area contributed by atoms with Crippen LogP contribution in [0.4, 0.5) is 21.6 Å². The summed E-state index contributed by atoms with van der Waals surface area (Å²) in [6.45, 7) is 4.36. The molecule has 1 saturated heterocycles. The Morgan fingerprint density at radius 1 is 1.07 bits per heavy atom. The van der Waals surface area contributed by atoms with Gasteiger partial charge in [0.05, 0.1) is 24.8 Å². The number of morpholine rings is 1. The first-order valence-electron chi connectivity index (χ1n) is 14.3. The van der Waals surface area contributed by atoms with Gasteiger partial charge in [-0.15, -0.1) is 0 Å². The Morgan fingerprint density at radius 3 is 2.86 bits per heavy atom. The average Bonchev–Trinajstić information content (AvgIpc) is 3.49. The van der Waals surface area contributed by atoms with Gasteiger partial charge in [0, 0.05) is 73.7 Å². The number of β-amino-alcohol motifs (C(OH)–C–C–N with tert-alkyl or cyclic N) is 1. The van der Waals surface area contributed by atoms with Gasteiger partial charge in [-0.25, -0.2) is 14.4 Å². The summed E-state index contributed by atoms with van der Waals surface area (Å²) in [6, 6.07) is 20.4. The molecule has 0 radical (unpaired) electrons. The second-order valence-electron chi connectivity index (χ2n) is 10.6. The van der Waals surface area contributed by atoms with E-state index in [1.807, 2.05) is 30.3 Å². The van der Waals surface area contributed by atoms with Gasteiger partial charge in [0.1, 0.15) is 18.0 Å². The molecule has 0 aliphatic carbocycles. The number of halogens is 1. The summed E-state index contributed by atoms with van der Waals surface area (Å²) in [5.74, 6) is 0.395. The maximum absolute atomic E-state index is 13.6. The number of benzene rings is 3. The van der Waals surface area contributed by atoms with Crippen LogP contribution >= 0.6 is 0 Å². The quantitative estimate of drug-likeness (QED) is 0.158. The number of aliphatic hydroxyl groups excluding tert-OH is 1. The molecule has 1 atom stereocenters. The lowest BCUT2D eigenvalue weighted by Crippen LogP contribution is -2.45. The fourth-order valence-corrected chi connectivity index (χ4v) is 5.43. The van der Waals surface area contributed by atoms with E-state index < -0.39 is 0 Å². The third-order valence-corrected chi connectivity index (χ3v) is 7.61. The van der Waals surface area contributed by atoms with E-state index in [1.165, 1.54) is 24.7 Å². The molecule has 43 heavy (non-hydrogen) atoms. The molecule has 1 aliphatic heterocycles. The Bertz CT molecular complexity index is 1720. The summed E-state index contributed by atoms with van der Waals surface area (Å²) in [6.07, 6.45) is 7.10. The number of anilines is 3. The number of nitrogens with zero attached hydrogens (tertiary/aromatic N) is 4. The molecule has 0 bridgehead atoms. The minimum Gasteiger partial charge on any atom is -0.395 e. The highest BCUT2D eigenvalue weighted by atomic mass is 19.1. The molecule has 220 valence electrons. The summed E-state index contributed by atoms with van der Waals surface area (Å²) < 4.78 is 21.7. The van der Waals surface area contributed by atoms with Crippen LogP contribution in [0.3, 0.4) is 0 Å². The monoisotopic (exact) mass is 579 g/mol. The van der Waals surface area contributed by atoms with Gasteiger partial charge in [-0.2, -0.15) is 0 Å². The zero-order chi connectivity index (χ0) is 29.6. The van der Waals surface area contributed by atoms with E-state index in [0.29, 0.717) is 31.1 Å². The van der Waals surface area contributed by atoms with Crippen molar-refractivity contribution < 1.29 is 14.2 Å². The largest absolute Gasteiger partial charge is 0.395 e. The van der Waals surface area contributed by atoms with Crippen LogP contribution in [-0.4, -0.2) is 69.7 Å². The van der Waals surface area contributed by atoms with Crippen molar-refractivity contribution in [3.8, 4) is 11.1 Å². The van der Waals surface area contributed by atoms with Crippen LogP contribution < -0.4 is 10.6 Å². The zero-order valence-electron chi connectivity index (χ0n) is 23.7. The molecule has 0 spiro atoms. The molecule has 0 saturated carbocycles. The summed E-state index contributed by atoms with van der Waals surface area (Å²) in [4.78, 5) is 11.2. The van der Waals surface area contributed by atoms with Crippen molar-refractivity contribution >= 4 is 34.3 Å². The maximum atomic E-state index is 13.6. The molecule has 1 fully saturated rings. The van der Waals surface area contributed by atoms with Gasteiger partial charge in [0.2, 0.25) is 0 Å². The smallest absolute Gasteiger partial charge is 0.141 e. The van der Waals surface area contributed by atoms with Crippen LogP contribution in [0.5, 0.6) is 0 Å². The van der Waals surface area contributed by atoms with Gasteiger partial charge in [0.25, 0.3) is 0 Å². The molecule has 1 unspecified atom stereocenters. The van der Waals surface area contributed by atoms with Gasteiger partial charge in [-0.05, 0) is 65.2 Å². The third kappa shape index (κ3) is 6.89. The number of ether oxygens (including phenoxy) is 1. The zero-order valence-corrected chi connectivity index (χ0v) is 23.7.